The van der Waals surface area contributed by atoms with E-state index in [1.165, 1.54) is 0 Å². The van der Waals surface area contributed by atoms with Gasteiger partial charge in [-0.05, 0) is 18.8 Å². The van der Waals surface area contributed by atoms with E-state index < -0.39 is 5.97 Å². The molecule has 0 aliphatic heterocycles. The number of carbonyl (C=O) groups is 1. The van der Waals surface area contributed by atoms with Crippen LogP contribution in [-0.4, -0.2) is 17.1 Å². The van der Waals surface area contributed by atoms with Crippen molar-refractivity contribution in [1.82, 2.24) is 0 Å². The fraction of sp³-hybridized carbons (Fsp3) is 0.857. The molecule has 1 saturated carbocycles. The maximum atomic E-state index is 10.5. The molecule has 0 spiro atoms. The van der Waals surface area contributed by atoms with Gasteiger partial charge in [0.2, 0.25) is 0 Å². The summed E-state index contributed by atoms with van der Waals surface area (Å²) in [6, 6.07) is -0.118. The molecule has 3 N–H and O–H groups in total. The summed E-state index contributed by atoms with van der Waals surface area (Å²) in [6.45, 7) is 1.95. The average Bonchev–Trinajstić information content (AvgIpc) is 2.11. The normalized spacial score (nSPS) is 40.0. The minimum atomic E-state index is -0.738. The molecule has 0 saturated heterocycles. The lowest BCUT2D eigenvalue weighted by molar-refractivity contribution is -0.143. The van der Waals surface area contributed by atoms with Gasteiger partial charge in [0, 0.05) is 6.04 Å². The van der Waals surface area contributed by atoms with Gasteiger partial charge in [0.1, 0.15) is 0 Å². The van der Waals surface area contributed by atoms with Crippen molar-refractivity contribution >= 4 is 5.97 Å². The Balaban J connectivity index is 2.63. The first-order valence-electron chi connectivity index (χ1n) is 3.61. The van der Waals surface area contributed by atoms with Crippen molar-refractivity contribution in [3.63, 3.8) is 0 Å². The molecule has 0 bridgehead atoms. The van der Waals surface area contributed by atoms with Gasteiger partial charge in [-0.15, -0.1) is 0 Å². The van der Waals surface area contributed by atoms with E-state index in [-0.39, 0.29) is 17.9 Å². The molecule has 0 aromatic heterocycles. The van der Waals surface area contributed by atoms with Crippen molar-refractivity contribution in [2.24, 2.45) is 17.6 Å². The van der Waals surface area contributed by atoms with Crippen molar-refractivity contribution in [2.75, 3.05) is 0 Å². The number of hydrogen-bond acceptors (Lipinski definition) is 2. The third kappa shape index (κ3) is 1.14. The maximum absolute atomic E-state index is 10.5. The van der Waals surface area contributed by atoms with Crippen molar-refractivity contribution in [3.05, 3.63) is 0 Å². The van der Waals surface area contributed by atoms with E-state index >= 15 is 0 Å². The molecular weight excluding hydrogens is 130 g/mol. The minimum Gasteiger partial charge on any atom is -0.481 e. The molecule has 0 heterocycles. The second kappa shape index (κ2) is 2.58. The quantitative estimate of drug-likeness (QED) is 0.560. The van der Waals surface area contributed by atoms with Crippen LogP contribution in [0.3, 0.4) is 0 Å². The Labute approximate surface area is 60.2 Å². The number of nitrogens with two attached hydrogens (primary N) is 1. The molecular formula is C7H13NO2. The van der Waals surface area contributed by atoms with Crippen molar-refractivity contribution in [2.45, 2.75) is 25.8 Å². The van der Waals surface area contributed by atoms with Gasteiger partial charge in [0.25, 0.3) is 0 Å². The van der Waals surface area contributed by atoms with Crippen LogP contribution in [0, 0.1) is 11.8 Å². The first kappa shape index (κ1) is 7.54. The molecule has 3 heteroatoms. The molecule has 3 nitrogen and oxygen atoms in total. The van der Waals surface area contributed by atoms with Crippen LogP contribution in [0.1, 0.15) is 19.8 Å². The highest BCUT2D eigenvalue weighted by atomic mass is 16.4. The Hall–Kier alpha value is -0.570. The highest BCUT2D eigenvalue weighted by molar-refractivity contribution is 5.71. The van der Waals surface area contributed by atoms with Gasteiger partial charge in [-0.3, -0.25) is 4.79 Å². The monoisotopic (exact) mass is 143 g/mol. The highest BCUT2D eigenvalue weighted by Crippen LogP contribution is 2.30. The number of hydrogen-bond donors (Lipinski definition) is 2. The van der Waals surface area contributed by atoms with Crippen molar-refractivity contribution < 1.29 is 9.90 Å². The fourth-order valence-electron chi connectivity index (χ4n) is 1.66. The third-order valence-corrected chi connectivity index (χ3v) is 2.31. The van der Waals surface area contributed by atoms with Gasteiger partial charge >= 0.3 is 5.97 Å². The predicted molar refractivity (Wildman–Crippen MR) is 37.5 cm³/mol. The summed E-state index contributed by atoms with van der Waals surface area (Å²) in [7, 11) is 0. The highest BCUT2D eigenvalue weighted by Gasteiger charge is 2.35. The van der Waals surface area contributed by atoms with E-state index in [0.717, 1.165) is 12.8 Å². The summed E-state index contributed by atoms with van der Waals surface area (Å²) in [5, 5.41) is 8.67. The van der Waals surface area contributed by atoms with Crippen molar-refractivity contribution in [1.29, 1.82) is 0 Å². The zero-order chi connectivity index (χ0) is 7.72. The smallest absolute Gasteiger partial charge is 0.308 e. The Bertz CT molecular complexity index is 137. The summed E-state index contributed by atoms with van der Waals surface area (Å²) in [4.78, 5) is 10.5. The zero-order valence-electron chi connectivity index (χ0n) is 6.08. The molecule has 1 rings (SSSR count). The fourth-order valence-corrected chi connectivity index (χ4v) is 1.66. The Morgan fingerprint density at radius 3 is 2.40 bits per heavy atom. The van der Waals surface area contributed by atoms with E-state index in [4.69, 9.17) is 10.8 Å². The van der Waals surface area contributed by atoms with Gasteiger partial charge < -0.3 is 10.8 Å². The molecule has 0 radical (unpaired) electrons. The van der Waals surface area contributed by atoms with E-state index in [1.54, 1.807) is 0 Å². The molecule has 10 heavy (non-hydrogen) atoms. The topological polar surface area (TPSA) is 63.3 Å². The molecule has 58 valence electrons. The van der Waals surface area contributed by atoms with Crippen LogP contribution in [0.5, 0.6) is 0 Å². The number of carboxylic acids is 1. The lowest BCUT2D eigenvalue weighted by Gasteiger charge is -2.13. The van der Waals surface area contributed by atoms with Gasteiger partial charge in [-0.1, -0.05) is 6.92 Å². The molecule has 0 aromatic carbocycles. The van der Waals surface area contributed by atoms with Gasteiger partial charge in [0.05, 0.1) is 5.92 Å². The van der Waals surface area contributed by atoms with Crippen LogP contribution >= 0.6 is 0 Å². The summed E-state index contributed by atoms with van der Waals surface area (Å²) in [6.07, 6.45) is 1.82. The lowest BCUT2D eigenvalue weighted by Crippen LogP contribution is -2.33. The Kier molecular flexibility index (Phi) is 1.94. The molecule has 1 aliphatic rings. The number of rotatable bonds is 1. The molecule has 0 unspecified atom stereocenters. The maximum Gasteiger partial charge on any atom is 0.308 e. The standard InChI is InChI=1S/C7H13NO2/c1-4-2-3-5(8)6(4)7(9)10/h4-6H,2-3,8H2,1H3,(H,9,10)/t4-,5-,6+/m0/s1. The first-order valence-corrected chi connectivity index (χ1v) is 3.61. The molecule has 1 fully saturated rings. The van der Waals surface area contributed by atoms with Gasteiger partial charge in [-0.2, -0.15) is 0 Å². The van der Waals surface area contributed by atoms with Crippen LogP contribution in [0.2, 0.25) is 0 Å². The minimum absolute atomic E-state index is 0.118. The zero-order valence-corrected chi connectivity index (χ0v) is 6.08. The first-order chi connectivity index (χ1) is 4.63. The molecule has 3 atom stereocenters. The second-order valence-electron chi connectivity index (χ2n) is 3.08. The summed E-state index contributed by atoms with van der Waals surface area (Å²) >= 11 is 0. The SMILES string of the molecule is C[C@H]1CC[C@H](N)[C@@H]1C(=O)O. The number of carboxylic acid groups (broad SMARTS) is 1. The predicted octanol–water partition coefficient (Wildman–Crippen LogP) is 0.444. The Morgan fingerprint density at radius 1 is 1.60 bits per heavy atom. The average molecular weight is 143 g/mol. The van der Waals surface area contributed by atoms with E-state index in [9.17, 15) is 4.79 Å². The van der Waals surface area contributed by atoms with Crippen LogP contribution in [-0.2, 0) is 4.79 Å². The summed E-state index contributed by atoms with van der Waals surface area (Å²) < 4.78 is 0. The van der Waals surface area contributed by atoms with Crippen LogP contribution in [0.4, 0.5) is 0 Å². The van der Waals surface area contributed by atoms with Crippen LogP contribution < -0.4 is 5.73 Å². The third-order valence-electron chi connectivity index (χ3n) is 2.31. The van der Waals surface area contributed by atoms with E-state index in [1.807, 2.05) is 6.92 Å². The Morgan fingerprint density at radius 2 is 2.20 bits per heavy atom. The summed E-state index contributed by atoms with van der Waals surface area (Å²) in [5.74, 6) is -0.787. The number of aliphatic carboxylic acids is 1. The van der Waals surface area contributed by atoms with E-state index in [0.29, 0.717) is 0 Å². The van der Waals surface area contributed by atoms with Gasteiger partial charge in [0.15, 0.2) is 0 Å². The van der Waals surface area contributed by atoms with Crippen molar-refractivity contribution in [3.8, 4) is 0 Å². The molecule has 0 amide bonds. The van der Waals surface area contributed by atoms with Gasteiger partial charge in [-0.25, -0.2) is 0 Å². The second-order valence-corrected chi connectivity index (χ2v) is 3.08. The van der Waals surface area contributed by atoms with Crippen LogP contribution in [0.15, 0.2) is 0 Å². The largest absolute Gasteiger partial charge is 0.481 e. The molecule has 0 aromatic rings. The van der Waals surface area contributed by atoms with E-state index in [2.05, 4.69) is 0 Å². The molecule has 1 aliphatic carbocycles. The van der Waals surface area contributed by atoms with Crippen LogP contribution in [0.25, 0.3) is 0 Å². The lowest BCUT2D eigenvalue weighted by atomic mass is 9.96. The summed E-state index contributed by atoms with van der Waals surface area (Å²) in [5.41, 5.74) is 5.59.